The van der Waals surface area contributed by atoms with Gasteiger partial charge < -0.3 is 0 Å². The zero-order valence-electron chi connectivity index (χ0n) is 7.81. The number of hydrogen-bond donors (Lipinski definition) is 0. The van der Waals surface area contributed by atoms with Crippen molar-refractivity contribution in [3.05, 3.63) is 0 Å². The van der Waals surface area contributed by atoms with Gasteiger partial charge in [-0.3, -0.25) is 4.79 Å². The number of rotatable bonds is 2. The molecule has 1 fully saturated rings. The van der Waals surface area contributed by atoms with E-state index >= 15 is 0 Å². The van der Waals surface area contributed by atoms with Crippen molar-refractivity contribution in [3.8, 4) is 0 Å². The van der Waals surface area contributed by atoms with E-state index in [1.165, 1.54) is 25.7 Å². The lowest BCUT2D eigenvalue weighted by Crippen LogP contribution is -2.29. The van der Waals surface area contributed by atoms with E-state index in [2.05, 4.69) is 13.8 Å². The van der Waals surface area contributed by atoms with Crippen molar-refractivity contribution in [1.82, 2.24) is 0 Å². The van der Waals surface area contributed by atoms with Gasteiger partial charge in [-0.25, -0.2) is 0 Å². The molecule has 0 aliphatic heterocycles. The van der Waals surface area contributed by atoms with Gasteiger partial charge in [-0.2, -0.15) is 0 Å². The minimum Gasteiger partial charge on any atom is -0.299 e. The maximum absolute atomic E-state index is 11.3. The highest BCUT2D eigenvalue weighted by molar-refractivity contribution is 5.81. The molecule has 0 heterocycles. The van der Waals surface area contributed by atoms with Crippen molar-refractivity contribution in [2.45, 2.75) is 46.5 Å². The Morgan fingerprint density at radius 1 is 1.27 bits per heavy atom. The first-order valence-corrected chi connectivity index (χ1v) is 4.56. The Labute approximate surface area is 69.2 Å². The predicted molar refractivity (Wildman–Crippen MR) is 46.4 cm³/mol. The molecule has 0 aromatic heterocycles. The zero-order valence-corrected chi connectivity index (χ0v) is 7.81. The zero-order chi connectivity index (χ0) is 8.48. The van der Waals surface area contributed by atoms with Crippen molar-refractivity contribution in [2.24, 2.45) is 11.3 Å². The monoisotopic (exact) mass is 154 g/mol. The summed E-state index contributed by atoms with van der Waals surface area (Å²) in [5.74, 6) is 1.00. The van der Waals surface area contributed by atoms with Crippen molar-refractivity contribution in [2.75, 3.05) is 0 Å². The Hall–Kier alpha value is -0.330. The third-order valence-electron chi connectivity index (χ3n) is 3.28. The molecule has 64 valence electrons. The summed E-state index contributed by atoms with van der Waals surface area (Å²) in [6.07, 6.45) is 5.15. The van der Waals surface area contributed by atoms with Gasteiger partial charge in [0.15, 0.2) is 0 Å². The Bertz CT molecular complexity index is 152. The van der Waals surface area contributed by atoms with Crippen molar-refractivity contribution in [3.63, 3.8) is 0 Å². The molecule has 1 rings (SSSR count). The van der Waals surface area contributed by atoms with Gasteiger partial charge in [-0.05, 0) is 25.7 Å². The van der Waals surface area contributed by atoms with Crippen molar-refractivity contribution in [1.29, 1.82) is 0 Å². The smallest absolute Gasteiger partial charge is 0.135 e. The molecular formula is C10H18O. The SMILES string of the molecule is CC(=O)C(C)(C)C1CCCC1. The maximum Gasteiger partial charge on any atom is 0.135 e. The molecule has 0 radical (unpaired) electrons. The Morgan fingerprint density at radius 2 is 1.73 bits per heavy atom. The Balaban J connectivity index is 2.62. The summed E-state index contributed by atoms with van der Waals surface area (Å²) in [7, 11) is 0. The average Bonchev–Trinajstić information content (AvgIpc) is 2.37. The van der Waals surface area contributed by atoms with Crippen molar-refractivity contribution < 1.29 is 4.79 Å². The molecule has 0 spiro atoms. The Kier molecular flexibility index (Phi) is 2.36. The summed E-state index contributed by atoms with van der Waals surface area (Å²) in [5, 5.41) is 0. The van der Waals surface area contributed by atoms with Crippen LogP contribution in [0.15, 0.2) is 0 Å². The third-order valence-corrected chi connectivity index (χ3v) is 3.28. The van der Waals surface area contributed by atoms with Crippen LogP contribution in [0.25, 0.3) is 0 Å². The number of hydrogen-bond acceptors (Lipinski definition) is 1. The van der Waals surface area contributed by atoms with Crippen LogP contribution >= 0.6 is 0 Å². The lowest BCUT2D eigenvalue weighted by atomic mass is 9.75. The molecule has 11 heavy (non-hydrogen) atoms. The second-order valence-corrected chi connectivity index (χ2v) is 4.26. The van der Waals surface area contributed by atoms with Crippen LogP contribution in [0.2, 0.25) is 0 Å². The molecule has 0 N–H and O–H groups in total. The highest BCUT2D eigenvalue weighted by atomic mass is 16.1. The first-order chi connectivity index (χ1) is 5.05. The van der Waals surface area contributed by atoms with Gasteiger partial charge in [0.25, 0.3) is 0 Å². The normalized spacial score (nSPS) is 20.6. The van der Waals surface area contributed by atoms with Crippen LogP contribution in [0.4, 0.5) is 0 Å². The van der Waals surface area contributed by atoms with Gasteiger partial charge in [0, 0.05) is 5.41 Å². The van der Waals surface area contributed by atoms with Crippen LogP contribution in [0, 0.1) is 11.3 Å². The fraction of sp³-hybridized carbons (Fsp3) is 0.900. The van der Waals surface area contributed by atoms with E-state index in [1.54, 1.807) is 6.92 Å². The van der Waals surface area contributed by atoms with Crippen molar-refractivity contribution >= 4 is 5.78 Å². The topological polar surface area (TPSA) is 17.1 Å². The Morgan fingerprint density at radius 3 is 2.09 bits per heavy atom. The van der Waals surface area contributed by atoms with Gasteiger partial charge in [0.2, 0.25) is 0 Å². The number of carbonyl (C=O) groups is 1. The first kappa shape index (κ1) is 8.76. The minimum atomic E-state index is -0.0590. The molecular weight excluding hydrogens is 136 g/mol. The van der Waals surface area contributed by atoms with Crippen LogP contribution in [0.1, 0.15) is 46.5 Å². The molecule has 1 saturated carbocycles. The van der Waals surface area contributed by atoms with E-state index in [1.807, 2.05) is 0 Å². The molecule has 1 heteroatoms. The minimum absolute atomic E-state index is 0.0590. The van der Waals surface area contributed by atoms with Crippen LogP contribution < -0.4 is 0 Å². The molecule has 1 aliphatic rings. The lowest BCUT2D eigenvalue weighted by Gasteiger charge is -2.28. The molecule has 0 aromatic rings. The molecule has 0 unspecified atom stereocenters. The average molecular weight is 154 g/mol. The van der Waals surface area contributed by atoms with E-state index in [9.17, 15) is 4.79 Å². The van der Waals surface area contributed by atoms with Gasteiger partial charge >= 0.3 is 0 Å². The third kappa shape index (κ3) is 1.63. The van der Waals surface area contributed by atoms with E-state index < -0.39 is 0 Å². The summed E-state index contributed by atoms with van der Waals surface area (Å²) in [4.78, 5) is 11.3. The van der Waals surface area contributed by atoms with Gasteiger partial charge in [0.1, 0.15) is 5.78 Å². The quantitative estimate of drug-likeness (QED) is 0.597. The van der Waals surface area contributed by atoms with Gasteiger partial charge in [0.05, 0.1) is 0 Å². The largest absolute Gasteiger partial charge is 0.299 e. The van der Waals surface area contributed by atoms with E-state index in [-0.39, 0.29) is 5.41 Å². The summed E-state index contributed by atoms with van der Waals surface area (Å²) in [6.45, 7) is 5.90. The van der Waals surface area contributed by atoms with E-state index in [0.29, 0.717) is 11.7 Å². The highest BCUT2D eigenvalue weighted by Gasteiger charge is 2.35. The van der Waals surface area contributed by atoms with Gasteiger partial charge in [-0.1, -0.05) is 26.7 Å². The maximum atomic E-state index is 11.3. The van der Waals surface area contributed by atoms with E-state index in [0.717, 1.165) is 0 Å². The standard InChI is InChI=1S/C10H18O/c1-8(11)10(2,3)9-6-4-5-7-9/h9H,4-7H2,1-3H3. The molecule has 0 saturated heterocycles. The van der Waals surface area contributed by atoms with E-state index in [4.69, 9.17) is 0 Å². The number of Topliss-reactive ketones (excluding diaryl/α,β-unsaturated/α-hetero) is 1. The fourth-order valence-electron chi connectivity index (χ4n) is 1.93. The van der Waals surface area contributed by atoms with Crippen LogP contribution in [0.5, 0.6) is 0 Å². The first-order valence-electron chi connectivity index (χ1n) is 4.56. The highest BCUT2D eigenvalue weighted by Crippen LogP contribution is 2.39. The molecule has 0 atom stereocenters. The molecule has 0 amide bonds. The number of carbonyl (C=O) groups excluding carboxylic acids is 1. The summed E-state index contributed by atoms with van der Waals surface area (Å²) in [6, 6.07) is 0. The molecule has 0 aromatic carbocycles. The lowest BCUT2D eigenvalue weighted by molar-refractivity contribution is -0.127. The fourth-order valence-corrected chi connectivity index (χ4v) is 1.93. The number of ketones is 1. The molecule has 1 aliphatic carbocycles. The van der Waals surface area contributed by atoms with Crippen LogP contribution in [0.3, 0.4) is 0 Å². The molecule has 0 bridgehead atoms. The second kappa shape index (κ2) is 2.96. The summed E-state index contributed by atoms with van der Waals surface area (Å²) in [5.41, 5.74) is -0.0590. The summed E-state index contributed by atoms with van der Waals surface area (Å²) >= 11 is 0. The van der Waals surface area contributed by atoms with Crippen LogP contribution in [-0.4, -0.2) is 5.78 Å². The van der Waals surface area contributed by atoms with Gasteiger partial charge in [-0.15, -0.1) is 0 Å². The second-order valence-electron chi connectivity index (χ2n) is 4.26. The predicted octanol–water partition coefficient (Wildman–Crippen LogP) is 2.79. The summed E-state index contributed by atoms with van der Waals surface area (Å²) < 4.78 is 0. The van der Waals surface area contributed by atoms with Crippen LogP contribution in [-0.2, 0) is 4.79 Å². The molecule has 1 nitrogen and oxygen atoms in total.